The van der Waals surface area contributed by atoms with E-state index >= 15 is 0 Å². The molecule has 2 aliphatic heterocycles. The first-order valence-electron chi connectivity index (χ1n) is 8.74. The van der Waals surface area contributed by atoms with Crippen LogP contribution in [0.2, 0.25) is 0 Å². The van der Waals surface area contributed by atoms with Crippen LogP contribution in [0.3, 0.4) is 0 Å². The van der Waals surface area contributed by atoms with E-state index in [1.54, 1.807) is 23.9 Å². The van der Waals surface area contributed by atoms with Crippen LogP contribution in [0.1, 0.15) is 16.8 Å². The van der Waals surface area contributed by atoms with Crippen molar-refractivity contribution in [3.8, 4) is 11.5 Å². The van der Waals surface area contributed by atoms with Crippen molar-refractivity contribution >= 4 is 28.4 Å². The van der Waals surface area contributed by atoms with Gasteiger partial charge in [0.05, 0.1) is 6.54 Å². The molecule has 26 heavy (non-hydrogen) atoms. The molecule has 0 saturated heterocycles. The van der Waals surface area contributed by atoms with Crippen LogP contribution in [0, 0.1) is 0 Å². The largest absolute Gasteiger partial charge is 0.486 e. The van der Waals surface area contributed by atoms with Gasteiger partial charge in [-0.15, -0.1) is 0 Å². The lowest BCUT2D eigenvalue weighted by atomic mass is 10.1. The van der Waals surface area contributed by atoms with Crippen molar-refractivity contribution in [3.63, 3.8) is 0 Å². The molecule has 0 amide bonds. The number of nitrogens with zero attached hydrogens (tertiary/aromatic N) is 2. The molecule has 4 rings (SSSR count). The SMILES string of the molecule is O=C(CN(C1=NCCCS1)c1ccccc1)c1ccc2c(c1)OCCO2. The molecule has 0 aromatic heterocycles. The minimum absolute atomic E-state index is 0.0275. The van der Waals surface area contributed by atoms with Crippen molar-refractivity contribution in [2.24, 2.45) is 4.99 Å². The molecular formula is C20H20N2O3S. The Hall–Kier alpha value is -2.47. The van der Waals surface area contributed by atoms with E-state index in [-0.39, 0.29) is 12.3 Å². The van der Waals surface area contributed by atoms with E-state index in [1.165, 1.54) is 0 Å². The van der Waals surface area contributed by atoms with Gasteiger partial charge >= 0.3 is 0 Å². The van der Waals surface area contributed by atoms with Crippen molar-refractivity contribution < 1.29 is 14.3 Å². The molecule has 2 heterocycles. The van der Waals surface area contributed by atoms with Crippen molar-refractivity contribution in [2.45, 2.75) is 6.42 Å². The standard InChI is InChI=1S/C20H20N2O3S/c23-17(15-7-8-18-19(13-15)25-11-10-24-18)14-22(16-5-2-1-3-6-16)20-21-9-4-12-26-20/h1-3,5-8,13H,4,9-12,14H2. The number of aliphatic imine (C=N–C) groups is 1. The predicted octanol–water partition coefficient (Wildman–Crippen LogP) is 3.64. The fraction of sp³-hybridized carbons (Fsp3) is 0.300. The number of anilines is 1. The lowest BCUT2D eigenvalue weighted by molar-refractivity contribution is 0.100. The minimum Gasteiger partial charge on any atom is -0.486 e. The third-order valence-corrected chi connectivity index (χ3v) is 5.35. The Morgan fingerprint density at radius 1 is 1.08 bits per heavy atom. The van der Waals surface area contributed by atoms with Crippen LogP contribution in [0.25, 0.3) is 0 Å². The van der Waals surface area contributed by atoms with Gasteiger partial charge in [0.2, 0.25) is 0 Å². The summed E-state index contributed by atoms with van der Waals surface area (Å²) in [4.78, 5) is 19.6. The van der Waals surface area contributed by atoms with Crippen molar-refractivity contribution in [1.29, 1.82) is 0 Å². The van der Waals surface area contributed by atoms with Crippen molar-refractivity contribution in [2.75, 3.05) is 37.0 Å². The van der Waals surface area contributed by atoms with E-state index in [0.717, 1.165) is 29.6 Å². The van der Waals surface area contributed by atoms with E-state index in [4.69, 9.17) is 9.47 Å². The summed E-state index contributed by atoms with van der Waals surface area (Å²) in [7, 11) is 0. The first kappa shape index (κ1) is 17.0. The van der Waals surface area contributed by atoms with Crippen molar-refractivity contribution in [3.05, 3.63) is 54.1 Å². The number of para-hydroxylation sites is 1. The summed E-state index contributed by atoms with van der Waals surface area (Å²) >= 11 is 1.71. The zero-order chi connectivity index (χ0) is 17.8. The first-order valence-corrected chi connectivity index (χ1v) is 9.72. The first-order chi connectivity index (χ1) is 12.8. The van der Waals surface area contributed by atoms with E-state index in [0.29, 0.717) is 30.3 Å². The van der Waals surface area contributed by atoms with E-state index in [1.807, 2.05) is 41.3 Å². The third kappa shape index (κ3) is 3.70. The van der Waals surface area contributed by atoms with Gasteiger partial charge < -0.3 is 14.4 Å². The molecule has 0 radical (unpaired) electrons. The molecule has 0 spiro atoms. The molecular weight excluding hydrogens is 348 g/mol. The number of fused-ring (bicyclic) bond motifs is 1. The highest BCUT2D eigenvalue weighted by atomic mass is 32.2. The van der Waals surface area contributed by atoms with Crippen LogP contribution in [-0.4, -0.2) is 43.0 Å². The lowest BCUT2D eigenvalue weighted by Gasteiger charge is -2.27. The zero-order valence-electron chi connectivity index (χ0n) is 14.4. The van der Waals surface area contributed by atoms with Gasteiger partial charge in [-0.3, -0.25) is 9.79 Å². The van der Waals surface area contributed by atoms with Gasteiger partial charge in [-0.2, -0.15) is 0 Å². The smallest absolute Gasteiger partial charge is 0.182 e. The van der Waals surface area contributed by atoms with Gasteiger partial charge in [0.15, 0.2) is 22.4 Å². The molecule has 0 saturated carbocycles. The summed E-state index contributed by atoms with van der Waals surface area (Å²) in [6, 6.07) is 15.3. The summed E-state index contributed by atoms with van der Waals surface area (Å²) in [5.41, 5.74) is 1.60. The Morgan fingerprint density at radius 3 is 2.65 bits per heavy atom. The van der Waals surface area contributed by atoms with Crippen molar-refractivity contribution in [1.82, 2.24) is 0 Å². The molecule has 0 unspecified atom stereocenters. The number of amidine groups is 1. The van der Waals surface area contributed by atoms with Gasteiger partial charge in [0, 0.05) is 23.5 Å². The lowest BCUT2D eigenvalue weighted by Crippen LogP contribution is -2.35. The normalized spacial score (nSPS) is 15.9. The molecule has 2 aromatic carbocycles. The van der Waals surface area contributed by atoms with Gasteiger partial charge in [0.25, 0.3) is 0 Å². The number of rotatable bonds is 4. The fourth-order valence-corrected chi connectivity index (χ4v) is 3.90. The Kier molecular flexibility index (Phi) is 5.11. The molecule has 0 bridgehead atoms. The molecule has 2 aromatic rings. The van der Waals surface area contributed by atoms with Crippen LogP contribution >= 0.6 is 11.8 Å². The summed E-state index contributed by atoms with van der Waals surface area (Å²) in [6.45, 7) is 2.10. The molecule has 0 aliphatic carbocycles. The number of ether oxygens (including phenoxy) is 2. The molecule has 0 atom stereocenters. The second-order valence-corrected chi connectivity index (χ2v) is 7.13. The Bertz CT molecular complexity index is 823. The molecule has 5 nitrogen and oxygen atoms in total. The van der Waals surface area contributed by atoms with Gasteiger partial charge in [-0.1, -0.05) is 30.0 Å². The predicted molar refractivity (Wildman–Crippen MR) is 105 cm³/mol. The number of ketones is 1. The quantitative estimate of drug-likeness (QED) is 0.771. The molecule has 134 valence electrons. The van der Waals surface area contributed by atoms with Crippen LogP contribution < -0.4 is 14.4 Å². The van der Waals surface area contributed by atoms with Crippen LogP contribution in [0.4, 0.5) is 5.69 Å². The topological polar surface area (TPSA) is 51.1 Å². The van der Waals surface area contributed by atoms with E-state index in [9.17, 15) is 4.79 Å². The number of carbonyl (C=O) groups excluding carboxylic acids is 1. The molecule has 2 aliphatic rings. The highest BCUT2D eigenvalue weighted by Gasteiger charge is 2.22. The number of hydrogen-bond acceptors (Lipinski definition) is 6. The Labute approximate surface area is 157 Å². The van der Waals surface area contributed by atoms with Gasteiger partial charge in [-0.25, -0.2) is 0 Å². The van der Waals surface area contributed by atoms with E-state index < -0.39 is 0 Å². The van der Waals surface area contributed by atoms with Crippen LogP contribution in [-0.2, 0) is 0 Å². The summed E-state index contributed by atoms with van der Waals surface area (Å²) in [6.07, 6.45) is 1.08. The minimum atomic E-state index is 0.0275. The van der Waals surface area contributed by atoms with E-state index in [2.05, 4.69) is 4.99 Å². The second kappa shape index (κ2) is 7.83. The highest BCUT2D eigenvalue weighted by Crippen LogP contribution is 2.31. The van der Waals surface area contributed by atoms with Gasteiger partial charge in [0.1, 0.15) is 13.2 Å². The number of carbonyl (C=O) groups is 1. The monoisotopic (exact) mass is 368 g/mol. The Balaban J connectivity index is 1.59. The number of hydrogen-bond donors (Lipinski definition) is 0. The summed E-state index contributed by atoms with van der Waals surface area (Å²) < 4.78 is 11.1. The maximum Gasteiger partial charge on any atom is 0.182 e. The van der Waals surface area contributed by atoms with Crippen LogP contribution in [0.15, 0.2) is 53.5 Å². The molecule has 0 N–H and O–H groups in total. The summed E-state index contributed by atoms with van der Waals surface area (Å²) in [5.74, 6) is 2.39. The summed E-state index contributed by atoms with van der Waals surface area (Å²) in [5, 5.41) is 0.911. The average Bonchev–Trinajstić information content (AvgIpc) is 2.72. The zero-order valence-corrected chi connectivity index (χ0v) is 15.2. The maximum atomic E-state index is 13.0. The second-order valence-electron chi connectivity index (χ2n) is 6.07. The highest BCUT2D eigenvalue weighted by molar-refractivity contribution is 8.14. The fourth-order valence-electron chi connectivity index (χ4n) is 2.94. The number of Topliss-reactive ketones (excluding diaryl/α,β-unsaturated/α-hetero) is 1. The third-order valence-electron chi connectivity index (χ3n) is 4.25. The van der Waals surface area contributed by atoms with Crippen LogP contribution in [0.5, 0.6) is 11.5 Å². The maximum absolute atomic E-state index is 13.0. The average molecular weight is 368 g/mol. The Morgan fingerprint density at radius 2 is 1.88 bits per heavy atom. The number of thioether (sulfide) groups is 1. The molecule has 6 heteroatoms. The number of benzene rings is 2. The van der Waals surface area contributed by atoms with Gasteiger partial charge in [-0.05, 0) is 36.8 Å². The molecule has 0 fully saturated rings.